The van der Waals surface area contributed by atoms with Crippen molar-refractivity contribution in [3.8, 4) is 5.75 Å². The van der Waals surface area contributed by atoms with Gasteiger partial charge in [0.1, 0.15) is 5.75 Å². The number of ether oxygens (including phenoxy) is 1. The maximum Gasteiger partial charge on any atom is 0.254 e. The first-order valence-corrected chi connectivity index (χ1v) is 10.8. The topological polar surface area (TPSA) is 58.6 Å². The van der Waals surface area contributed by atoms with E-state index in [9.17, 15) is 9.59 Å². The second-order valence-corrected chi connectivity index (χ2v) is 8.01. The first kappa shape index (κ1) is 20.9. The minimum Gasteiger partial charge on any atom is -0.497 e. The summed E-state index contributed by atoms with van der Waals surface area (Å²) in [6, 6.07) is 21.6. The van der Waals surface area contributed by atoms with E-state index in [1.807, 2.05) is 71.6 Å². The van der Waals surface area contributed by atoms with Crippen LogP contribution in [0.15, 0.2) is 66.7 Å². The highest BCUT2D eigenvalue weighted by molar-refractivity contribution is 6.07. The van der Waals surface area contributed by atoms with E-state index in [0.717, 1.165) is 41.3 Å². The van der Waals surface area contributed by atoms with Crippen LogP contribution >= 0.6 is 0 Å². The van der Waals surface area contributed by atoms with Crippen molar-refractivity contribution in [1.29, 1.82) is 0 Å². The number of methoxy groups -OCH3 is 1. The summed E-state index contributed by atoms with van der Waals surface area (Å²) < 4.78 is 5.17. The van der Waals surface area contributed by atoms with Crippen molar-refractivity contribution in [2.24, 2.45) is 5.92 Å². The van der Waals surface area contributed by atoms with Crippen molar-refractivity contribution in [2.45, 2.75) is 19.3 Å². The maximum atomic E-state index is 13.2. The first-order chi connectivity index (χ1) is 15.2. The van der Waals surface area contributed by atoms with Gasteiger partial charge in [0.2, 0.25) is 5.91 Å². The van der Waals surface area contributed by atoms with Crippen LogP contribution in [0.4, 0.5) is 0 Å². The number of carbonyl (C=O) groups excluding carboxylic acids is 2. The van der Waals surface area contributed by atoms with Gasteiger partial charge in [-0.15, -0.1) is 0 Å². The summed E-state index contributed by atoms with van der Waals surface area (Å²) in [4.78, 5) is 27.8. The summed E-state index contributed by atoms with van der Waals surface area (Å²) in [6.45, 7) is 1.74. The molecule has 0 bridgehead atoms. The standard InChI is InChI=1S/C26H28N2O3/c1-31-22-13-11-19(12-14-22)15-16-27-25(29)21-8-5-17-28(18-21)26(30)24-10-4-7-20-6-2-3-9-23(20)24/h2-4,6-7,9-14,21H,5,8,15-18H2,1H3,(H,27,29). The number of hydrogen-bond donors (Lipinski definition) is 1. The number of nitrogens with one attached hydrogen (secondary N) is 1. The molecule has 1 aliphatic heterocycles. The molecule has 0 spiro atoms. The summed E-state index contributed by atoms with van der Waals surface area (Å²) in [6.07, 6.45) is 2.42. The van der Waals surface area contributed by atoms with Crippen LogP contribution in [0, 0.1) is 5.92 Å². The zero-order valence-corrected chi connectivity index (χ0v) is 17.8. The van der Waals surface area contributed by atoms with Crippen LogP contribution in [0.3, 0.4) is 0 Å². The average molecular weight is 417 g/mol. The van der Waals surface area contributed by atoms with Crippen LogP contribution in [-0.2, 0) is 11.2 Å². The quantitative estimate of drug-likeness (QED) is 0.659. The van der Waals surface area contributed by atoms with Crippen LogP contribution in [0.1, 0.15) is 28.8 Å². The van der Waals surface area contributed by atoms with Gasteiger partial charge in [0.05, 0.1) is 13.0 Å². The molecule has 1 atom stereocenters. The third-order valence-corrected chi connectivity index (χ3v) is 5.97. The van der Waals surface area contributed by atoms with Crippen molar-refractivity contribution >= 4 is 22.6 Å². The first-order valence-electron chi connectivity index (χ1n) is 10.8. The summed E-state index contributed by atoms with van der Waals surface area (Å²) in [5, 5.41) is 5.06. The molecule has 0 aromatic heterocycles. The van der Waals surface area contributed by atoms with E-state index in [-0.39, 0.29) is 17.7 Å². The van der Waals surface area contributed by atoms with Crippen LogP contribution in [0.2, 0.25) is 0 Å². The Kier molecular flexibility index (Phi) is 6.51. The fourth-order valence-electron chi connectivity index (χ4n) is 4.22. The Morgan fingerprint density at radius 3 is 2.61 bits per heavy atom. The van der Waals surface area contributed by atoms with Gasteiger partial charge < -0.3 is 15.0 Å². The molecule has 3 aromatic carbocycles. The molecule has 2 amide bonds. The normalized spacial score (nSPS) is 16.2. The molecule has 1 N–H and O–H groups in total. The van der Waals surface area contributed by atoms with Crippen LogP contribution < -0.4 is 10.1 Å². The smallest absolute Gasteiger partial charge is 0.254 e. The zero-order chi connectivity index (χ0) is 21.6. The molecular weight excluding hydrogens is 388 g/mol. The van der Waals surface area contributed by atoms with Crippen molar-refractivity contribution in [3.05, 3.63) is 77.9 Å². The number of amides is 2. The van der Waals surface area contributed by atoms with Gasteiger partial charge >= 0.3 is 0 Å². The largest absolute Gasteiger partial charge is 0.497 e. The molecule has 1 aliphatic rings. The van der Waals surface area contributed by atoms with E-state index in [1.54, 1.807) is 7.11 Å². The monoisotopic (exact) mass is 416 g/mol. The number of carbonyl (C=O) groups is 2. The maximum absolute atomic E-state index is 13.2. The molecule has 160 valence electrons. The lowest BCUT2D eigenvalue weighted by Crippen LogP contribution is -2.45. The molecule has 0 aliphatic carbocycles. The summed E-state index contributed by atoms with van der Waals surface area (Å²) in [5.74, 6) is 0.700. The second-order valence-electron chi connectivity index (χ2n) is 8.01. The number of fused-ring (bicyclic) bond motifs is 1. The number of nitrogens with zero attached hydrogens (tertiary/aromatic N) is 1. The van der Waals surface area contributed by atoms with Crippen molar-refractivity contribution in [2.75, 3.05) is 26.7 Å². The Bertz CT molecular complexity index is 1060. The highest BCUT2D eigenvalue weighted by atomic mass is 16.5. The van der Waals surface area contributed by atoms with E-state index >= 15 is 0 Å². The van der Waals surface area contributed by atoms with Gasteiger partial charge in [-0.05, 0) is 53.8 Å². The van der Waals surface area contributed by atoms with E-state index < -0.39 is 0 Å². The molecule has 1 saturated heterocycles. The van der Waals surface area contributed by atoms with E-state index in [2.05, 4.69) is 5.32 Å². The van der Waals surface area contributed by atoms with E-state index in [0.29, 0.717) is 25.2 Å². The molecule has 5 nitrogen and oxygen atoms in total. The Balaban J connectivity index is 1.35. The lowest BCUT2D eigenvalue weighted by molar-refractivity contribution is -0.126. The molecule has 4 rings (SSSR count). The molecule has 1 unspecified atom stereocenters. The van der Waals surface area contributed by atoms with E-state index in [1.165, 1.54) is 0 Å². The van der Waals surface area contributed by atoms with Crippen molar-refractivity contribution in [3.63, 3.8) is 0 Å². The van der Waals surface area contributed by atoms with Crippen molar-refractivity contribution < 1.29 is 14.3 Å². The Labute approximate surface area is 183 Å². The second kappa shape index (κ2) is 9.65. The number of piperidine rings is 1. The third-order valence-electron chi connectivity index (χ3n) is 5.97. The van der Waals surface area contributed by atoms with Gasteiger partial charge in [0.15, 0.2) is 0 Å². The molecule has 0 saturated carbocycles. The summed E-state index contributed by atoms with van der Waals surface area (Å²) in [7, 11) is 1.65. The average Bonchev–Trinajstić information content (AvgIpc) is 2.83. The van der Waals surface area contributed by atoms with Crippen LogP contribution in [0.5, 0.6) is 5.75 Å². The minimum absolute atomic E-state index is 0.00697. The fraction of sp³-hybridized carbons (Fsp3) is 0.308. The Morgan fingerprint density at radius 2 is 1.81 bits per heavy atom. The van der Waals surface area contributed by atoms with Gasteiger partial charge in [-0.3, -0.25) is 9.59 Å². The van der Waals surface area contributed by atoms with Crippen LogP contribution in [0.25, 0.3) is 10.8 Å². The zero-order valence-electron chi connectivity index (χ0n) is 17.8. The highest BCUT2D eigenvalue weighted by Crippen LogP contribution is 2.23. The third kappa shape index (κ3) is 4.88. The van der Waals surface area contributed by atoms with Gasteiger partial charge in [0.25, 0.3) is 5.91 Å². The number of rotatable bonds is 6. The lowest BCUT2D eigenvalue weighted by atomic mass is 9.95. The van der Waals surface area contributed by atoms with Crippen LogP contribution in [-0.4, -0.2) is 43.5 Å². The fourth-order valence-corrected chi connectivity index (χ4v) is 4.22. The predicted octanol–water partition coefficient (Wildman–Crippen LogP) is 4.06. The molecule has 1 heterocycles. The number of hydrogen-bond acceptors (Lipinski definition) is 3. The SMILES string of the molecule is COc1ccc(CCNC(=O)C2CCCN(C(=O)c3cccc4ccccc34)C2)cc1. The number of benzene rings is 3. The summed E-state index contributed by atoms with van der Waals surface area (Å²) in [5.41, 5.74) is 1.86. The number of likely N-dealkylation sites (tertiary alicyclic amines) is 1. The lowest BCUT2D eigenvalue weighted by Gasteiger charge is -2.32. The molecule has 5 heteroatoms. The Hall–Kier alpha value is -3.34. The van der Waals surface area contributed by atoms with Gasteiger partial charge in [-0.25, -0.2) is 0 Å². The highest BCUT2D eigenvalue weighted by Gasteiger charge is 2.29. The minimum atomic E-state index is -0.163. The molecule has 0 radical (unpaired) electrons. The molecule has 1 fully saturated rings. The predicted molar refractivity (Wildman–Crippen MR) is 122 cm³/mol. The molecule has 3 aromatic rings. The Morgan fingerprint density at radius 1 is 1.03 bits per heavy atom. The summed E-state index contributed by atoms with van der Waals surface area (Å²) >= 11 is 0. The van der Waals surface area contributed by atoms with Gasteiger partial charge in [-0.1, -0.05) is 48.5 Å². The van der Waals surface area contributed by atoms with Crippen molar-refractivity contribution in [1.82, 2.24) is 10.2 Å². The van der Waals surface area contributed by atoms with E-state index in [4.69, 9.17) is 4.74 Å². The van der Waals surface area contributed by atoms with Gasteiger partial charge in [-0.2, -0.15) is 0 Å². The molecular formula is C26H28N2O3. The van der Waals surface area contributed by atoms with Gasteiger partial charge in [0, 0.05) is 25.2 Å². The molecule has 31 heavy (non-hydrogen) atoms.